The van der Waals surface area contributed by atoms with Crippen LogP contribution in [0.5, 0.6) is 0 Å². The normalized spacial score (nSPS) is 10.9. The number of aromatic nitrogens is 1. The number of rotatable bonds is 3. The van der Waals surface area contributed by atoms with Crippen molar-refractivity contribution in [1.29, 1.82) is 0 Å². The Hall–Kier alpha value is -1.20. The minimum absolute atomic E-state index is 0.0626. The zero-order valence-electron chi connectivity index (χ0n) is 13.0. The maximum Gasteiger partial charge on any atom is 0.336 e. The third-order valence-electron chi connectivity index (χ3n) is 3.69. The van der Waals surface area contributed by atoms with E-state index in [1.165, 1.54) is 30.5 Å². The second-order valence-corrected chi connectivity index (χ2v) is 7.86. The summed E-state index contributed by atoms with van der Waals surface area (Å²) in [5.74, 6) is -1.19. The Morgan fingerprint density at radius 2 is 1.26 bits per heavy atom. The molecule has 3 rings (SSSR count). The number of halogens is 6. The first-order chi connectivity index (χ1) is 12.7. The predicted molar refractivity (Wildman–Crippen MR) is 112 cm³/mol. The average molecular weight is 482 g/mol. The molecule has 0 aliphatic carbocycles. The predicted octanol–water partition coefficient (Wildman–Crippen LogP) is 8.03. The first-order valence-electron chi connectivity index (χ1n) is 7.22. The van der Waals surface area contributed by atoms with Crippen LogP contribution in [0.1, 0.15) is 10.4 Å². The number of carboxylic acids is 1. The summed E-state index contributed by atoms with van der Waals surface area (Å²) in [6.07, 6.45) is 1.36. The van der Waals surface area contributed by atoms with E-state index in [-0.39, 0.29) is 36.9 Å². The number of nitrogens with zero attached hydrogens (tertiary/aromatic N) is 1. The van der Waals surface area contributed by atoms with Gasteiger partial charge in [-0.25, -0.2) is 4.79 Å². The molecule has 0 aliphatic heterocycles. The summed E-state index contributed by atoms with van der Waals surface area (Å²) in [5.41, 5.74) is 1.23. The van der Waals surface area contributed by atoms with Crippen LogP contribution in [0.25, 0.3) is 22.4 Å². The van der Waals surface area contributed by atoms with Gasteiger partial charge in [-0.1, -0.05) is 69.6 Å². The fraction of sp³-hybridized carbons (Fsp3) is 0. The second-order valence-electron chi connectivity index (χ2n) is 5.42. The molecule has 1 aromatic heterocycles. The Labute approximate surface area is 184 Å². The van der Waals surface area contributed by atoms with Gasteiger partial charge in [0.25, 0.3) is 0 Å². The molecule has 0 aliphatic rings. The van der Waals surface area contributed by atoms with Crippen molar-refractivity contribution in [1.82, 2.24) is 4.98 Å². The van der Waals surface area contributed by atoms with Gasteiger partial charge in [-0.15, -0.1) is 0 Å². The molecular weight excluding hydrogens is 475 g/mol. The molecule has 0 unspecified atom stereocenters. The summed E-state index contributed by atoms with van der Waals surface area (Å²) in [5, 5.41) is 11.1. The van der Waals surface area contributed by atoms with Gasteiger partial charge in [-0.3, -0.25) is 4.98 Å². The highest BCUT2D eigenvalue weighted by atomic mass is 35.5. The summed E-state index contributed by atoms with van der Waals surface area (Å²) < 4.78 is 0. The van der Waals surface area contributed by atoms with Crippen molar-refractivity contribution >= 4 is 75.6 Å². The van der Waals surface area contributed by atoms with Crippen LogP contribution in [0.2, 0.25) is 30.1 Å². The molecule has 2 aromatic carbocycles. The molecule has 0 saturated carbocycles. The first kappa shape index (κ1) is 20.5. The molecule has 1 N–H and O–H groups in total. The van der Waals surface area contributed by atoms with E-state index in [2.05, 4.69) is 4.98 Å². The van der Waals surface area contributed by atoms with E-state index in [4.69, 9.17) is 69.6 Å². The molecule has 0 spiro atoms. The van der Waals surface area contributed by atoms with Crippen LogP contribution in [-0.4, -0.2) is 16.1 Å². The van der Waals surface area contributed by atoms with Crippen molar-refractivity contribution < 1.29 is 9.90 Å². The molecule has 0 bridgehead atoms. The SMILES string of the molecule is O=C(O)c1cc(-c2cc(Cl)cc(Cl)c2Cl)ncc1-c1cc(Cl)cc(Cl)c1Cl. The monoisotopic (exact) mass is 479 g/mol. The molecule has 0 saturated heterocycles. The number of benzene rings is 2. The molecule has 0 amide bonds. The molecule has 0 radical (unpaired) electrons. The minimum Gasteiger partial charge on any atom is -0.478 e. The number of aromatic carboxylic acids is 1. The van der Waals surface area contributed by atoms with Gasteiger partial charge in [-0.2, -0.15) is 0 Å². The largest absolute Gasteiger partial charge is 0.478 e. The minimum atomic E-state index is -1.19. The number of pyridine rings is 1. The lowest BCUT2D eigenvalue weighted by molar-refractivity contribution is 0.0697. The summed E-state index contributed by atoms with van der Waals surface area (Å²) >= 11 is 36.6. The van der Waals surface area contributed by atoms with E-state index in [9.17, 15) is 9.90 Å². The third kappa shape index (κ3) is 4.14. The van der Waals surface area contributed by atoms with Gasteiger partial charge in [0.2, 0.25) is 0 Å². The van der Waals surface area contributed by atoms with Gasteiger partial charge < -0.3 is 5.11 Å². The quantitative estimate of drug-likeness (QED) is 0.385. The lowest BCUT2D eigenvalue weighted by Gasteiger charge is -2.13. The smallest absolute Gasteiger partial charge is 0.336 e. The van der Waals surface area contributed by atoms with Gasteiger partial charge in [0.1, 0.15) is 0 Å². The molecule has 27 heavy (non-hydrogen) atoms. The Morgan fingerprint density at radius 1 is 0.741 bits per heavy atom. The molecule has 9 heteroatoms. The van der Waals surface area contributed by atoms with E-state index in [1.54, 1.807) is 6.07 Å². The second kappa shape index (κ2) is 8.04. The summed E-state index contributed by atoms with van der Waals surface area (Å²) in [4.78, 5) is 16.2. The highest BCUT2D eigenvalue weighted by molar-refractivity contribution is 6.45. The molecule has 0 atom stereocenters. The van der Waals surface area contributed by atoms with E-state index < -0.39 is 5.97 Å². The van der Waals surface area contributed by atoms with E-state index in [0.29, 0.717) is 21.2 Å². The average Bonchev–Trinajstić information content (AvgIpc) is 2.60. The fourth-order valence-corrected chi connectivity index (χ4v) is 3.89. The van der Waals surface area contributed by atoms with Crippen LogP contribution in [0.4, 0.5) is 0 Å². The summed E-state index contributed by atoms with van der Waals surface area (Å²) in [6, 6.07) is 7.37. The Balaban J connectivity index is 2.26. The van der Waals surface area contributed by atoms with Crippen molar-refractivity contribution in [2.45, 2.75) is 0 Å². The van der Waals surface area contributed by atoms with Crippen molar-refractivity contribution in [3.8, 4) is 22.4 Å². The standard InChI is InChI=1S/C18H7Cl6NO2/c19-7-1-9(16(23)13(21)3-7)12-6-25-15(5-10(12)18(26)27)11-2-8(20)4-14(22)17(11)24/h1-6H,(H,26,27). The maximum atomic E-state index is 11.9. The number of carboxylic acid groups (broad SMARTS) is 1. The van der Waals surface area contributed by atoms with Crippen molar-refractivity contribution in [2.75, 3.05) is 0 Å². The van der Waals surface area contributed by atoms with E-state index in [0.717, 1.165) is 0 Å². The zero-order chi connectivity index (χ0) is 19.9. The Morgan fingerprint density at radius 3 is 1.81 bits per heavy atom. The van der Waals surface area contributed by atoms with Crippen molar-refractivity contribution in [2.24, 2.45) is 0 Å². The molecule has 3 nitrogen and oxygen atoms in total. The number of carbonyl (C=O) groups is 1. The van der Waals surface area contributed by atoms with Gasteiger partial charge >= 0.3 is 5.97 Å². The lowest BCUT2D eigenvalue weighted by atomic mass is 9.99. The van der Waals surface area contributed by atoms with Crippen LogP contribution in [0.3, 0.4) is 0 Å². The van der Waals surface area contributed by atoms with Crippen LogP contribution in [0.15, 0.2) is 36.5 Å². The molecule has 0 fully saturated rings. The molecule has 3 aromatic rings. The summed E-state index contributed by atoms with van der Waals surface area (Å²) in [7, 11) is 0. The van der Waals surface area contributed by atoms with Crippen LogP contribution < -0.4 is 0 Å². The number of hydrogen-bond donors (Lipinski definition) is 1. The maximum absolute atomic E-state index is 11.9. The highest BCUT2D eigenvalue weighted by Gasteiger charge is 2.20. The van der Waals surface area contributed by atoms with Gasteiger partial charge in [0.05, 0.1) is 31.3 Å². The first-order valence-corrected chi connectivity index (χ1v) is 9.49. The van der Waals surface area contributed by atoms with Crippen LogP contribution in [0, 0.1) is 0 Å². The van der Waals surface area contributed by atoms with Crippen LogP contribution >= 0.6 is 69.6 Å². The third-order valence-corrected chi connectivity index (χ3v) is 5.73. The molecule has 1 heterocycles. The zero-order valence-corrected chi connectivity index (χ0v) is 17.6. The van der Waals surface area contributed by atoms with Crippen molar-refractivity contribution in [3.05, 3.63) is 72.2 Å². The Kier molecular flexibility index (Phi) is 6.11. The van der Waals surface area contributed by atoms with Gasteiger partial charge in [-0.05, 0) is 30.3 Å². The summed E-state index contributed by atoms with van der Waals surface area (Å²) in [6.45, 7) is 0. The molecule has 138 valence electrons. The van der Waals surface area contributed by atoms with E-state index >= 15 is 0 Å². The lowest BCUT2D eigenvalue weighted by Crippen LogP contribution is -2.02. The number of hydrogen-bond acceptors (Lipinski definition) is 2. The van der Waals surface area contributed by atoms with Gasteiger partial charge in [0, 0.05) is 32.9 Å². The topological polar surface area (TPSA) is 50.2 Å². The van der Waals surface area contributed by atoms with Crippen molar-refractivity contribution in [3.63, 3.8) is 0 Å². The van der Waals surface area contributed by atoms with E-state index in [1.807, 2.05) is 0 Å². The molecular formula is C18H7Cl6NO2. The van der Waals surface area contributed by atoms with Gasteiger partial charge in [0.15, 0.2) is 0 Å². The highest BCUT2D eigenvalue weighted by Crippen LogP contribution is 2.40. The Bertz CT molecular complexity index is 1080. The van der Waals surface area contributed by atoms with Crippen LogP contribution in [-0.2, 0) is 0 Å². The fourth-order valence-electron chi connectivity index (χ4n) is 2.49.